The third-order valence-electron chi connectivity index (χ3n) is 3.01. The maximum Gasteiger partial charge on any atom is 1.00 e. The minimum Gasteiger partial charge on any atom is -0.545 e. The van der Waals surface area contributed by atoms with Crippen LogP contribution in [0.25, 0.3) is 10.8 Å². The summed E-state index contributed by atoms with van der Waals surface area (Å²) in [6.45, 7) is 0. The Bertz CT molecular complexity index is 866. The Morgan fingerprint density at radius 3 is 1.50 bits per heavy atom. The van der Waals surface area contributed by atoms with E-state index in [1.807, 2.05) is 0 Å². The SMILES string of the molecule is O=C([O-])c1ccc2cc(C(=O)[O-])c(C(=O)[O-])c(C(=O)[O-])c2c1.[K+].[K+].[K+].[K+]. The Labute approximate surface area is 317 Å². The summed E-state index contributed by atoms with van der Waals surface area (Å²) >= 11 is 0. The van der Waals surface area contributed by atoms with Crippen molar-refractivity contribution in [3.8, 4) is 0 Å². The second kappa shape index (κ2) is 15.0. The van der Waals surface area contributed by atoms with E-state index in [0.717, 1.165) is 24.3 Å². The van der Waals surface area contributed by atoms with Crippen molar-refractivity contribution in [3.63, 3.8) is 0 Å². The van der Waals surface area contributed by atoms with Gasteiger partial charge in [-0.3, -0.25) is 0 Å². The first-order valence-electron chi connectivity index (χ1n) is 5.70. The number of carbonyl (C=O) groups excluding carboxylic acids is 4. The Hall–Kier alpha value is 3.13. The number of carbonyl (C=O) groups is 4. The molecule has 0 fully saturated rings. The third-order valence-corrected chi connectivity index (χ3v) is 3.01. The van der Waals surface area contributed by atoms with E-state index in [4.69, 9.17) is 0 Å². The number of hydrogen-bond donors (Lipinski definition) is 0. The fourth-order valence-corrected chi connectivity index (χ4v) is 2.11. The number of hydrogen-bond acceptors (Lipinski definition) is 8. The topological polar surface area (TPSA) is 161 Å². The minimum absolute atomic E-state index is 0. The summed E-state index contributed by atoms with van der Waals surface area (Å²) in [6, 6.07) is 3.86. The van der Waals surface area contributed by atoms with Crippen molar-refractivity contribution in [3.05, 3.63) is 46.5 Å². The molecule has 8 nitrogen and oxygen atoms in total. The first kappa shape index (κ1) is 33.8. The van der Waals surface area contributed by atoms with Gasteiger partial charge in [0.05, 0.1) is 23.9 Å². The summed E-state index contributed by atoms with van der Waals surface area (Å²) < 4.78 is 0. The molecule has 0 aromatic heterocycles. The number of fused-ring (bicyclic) bond motifs is 1. The summed E-state index contributed by atoms with van der Waals surface area (Å²) in [7, 11) is 0. The van der Waals surface area contributed by atoms with Crippen LogP contribution in [-0.2, 0) is 0 Å². The molecular formula is C14H4K4O8. The number of aromatic carboxylic acids is 4. The van der Waals surface area contributed by atoms with E-state index >= 15 is 0 Å². The van der Waals surface area contributed by atoms with E-state index in [1.54, 1.807) is 0 Å². The van der Waals surface area contributed by atoms with E-state index < -0.39 is 46.1 Å². The van der Waals surface area contributed by atoms with Crippen LogP contribution in [0.5, 0.6) is 0 Å². The van der Waals surface area contributed by atoms with Crippen LogP contribution in [0.15, 0.2) is 24.3 Å². The van der Waals surface area contributed by atoms with Crippen LogP contribution < -0.4 is 226 Å². The molecule has 0 saturated heterocycles. The molecule has 0 aliphatic carbocycles. The normalized spacial score (nSPS) is 8.77. The van der Waals surface area contributed by atoms with Gasteiger partial charge in [-0.15, -0.1) is 0 Å². The smallest absolute Gasteiger partial charge is 0.545 e. The van der Waals surface area contributed by atoms with E-state index in [1.165, 1.54) is 0 Å². The monoisotopic (exact) mass is 456 g/mol. The molecule has 0 amide bonds. The maximum atomic E-state index is 11.2. The maximum absolute atomic E-state index is 11.2. The van der Waals surface area contributed by atoms with Gasteiger partial charge in [0.15, 0.2) is 0 Å². The van der Waals surface area contributed by atoms with Crippen molar-refractivity contribution >= 4 is 34.6 Å². The third kappa shape index (κ3) is 7.99. The predicted molar refractivity (Wildman–Crippen MR) is 61.3 cm³/mol. The van der Waals surface area contributed by atoms with Gasteiger partial charge in [0.1, 0.15) is 0 Å². The van der Waals surface area contributed by atoms with Crippen LogP contribution in [0.4, 0.5) is 0 Å². The zero-order valence-corrected chi connectivity index (χ0v) is 27.1. The molecule has 12 heteroatoms. The standard InChI is InChI=1S/C14H8O8.4K/c15-11(16)6-2-1-5-3-8(12(17)18)10(14(21)22)9(13(19)20)7(5)4-6;;;;/h1-4H,(H,15,16)(H,17,18)(H,19,20)(H,21,22);;;;/q;4*+1/p-4. The molecule has 0 bridgehead atoms. The molecule has 0 radical (unpaired) electrons. The quantitative estimate of drug-likeness (QED) is 0.410. The van der Waals surface area contributed by atoms with Gasteiger partial charge in [-0.05, 0) is 28.5 Å². The van der Waals surface area contributed by atoms with E-state index in [2.05, 4.69) is 0 Å². The molecule has 26 heavy (non-hydrogen) atoms. The van der Waals surface area contributed by atoms with Crippen LogP contribution >= 0.6 is 0 Å². The van der Waals surface area contributed by atoms with E-state index in [9.17, 15) is 39.6 Å². The van der Waals surface area contributed by atoms with Crippen molar-refractivity contribution in [1.82, 2.24) is 0 Å². The molecule has 2 rings (SSSR count). The van der Waals surface area contributed by atoms with Crippen LogP contribution in [-0.4, -0.2) is 23.9 Å². The number of carboxylic acid groups (broad SMARTS) is 4. The van der Waals surface area contributed by atoms with Crippen molar-refractivity contribution in [1.29, 1.82) is 0 Å². The number of benzene rings is 2. The summed E-state index contributed by atoms with van der Waals surface area (Å²) in [4.78, 5) is 44.1. The first-order valence-corrected chi connectivity index (χ1v) is 5.70. The Morgan fingerprint density at radius 2 is 1.12 bits per heavy atom. The summed E-state index contributed by atoms with van der Waals surface area (Å²) in [5.41, 5.74) is -3.48. The molecule has 0 spiro atoms. The van der Waals surface area contributed by atoms with Gasteiger partial charge in [0, 0.05) is 16.7 Å². The zero-order valence-electron chi connectivity index (χ0n) is 14.6. The van der Waals surface area contributed by atoms with Crippen LogP contribution in [0, 0.1) is 0 Å². The van der Waals surface area contributed by atoms with Gasteiger partial charge in [0.2, 0.25) is 0 Å². The number of rotatable bonds is 4. The summed E-state index contributed by atoms with van der Waals surface area (Å²) in [5.74, 6) is -7.61. The summed E-state index contributed by atoms with van der Waals surface area (Å²) in [5, 5.41) is 43.8. The average Bonchev–Trinajstić information content (AvgIpc) is 2.43. The van der Waals surface area contributed by atoms with E-state index in [0.29, 0.717) is 0 Å². The molecule has 0 saturated carbocycles. The molecule has 0 unspecified atom stereocenters. The molecule has 2 aromatic carbocycles. The van der Waals surface area contributed by atoms with Gasteiger partial charge in [-0.2, -0.15) is 0 Å². The number of carboxylic acids is 4. The van der Waals surface area contributed by atoms with Crippen LogP contribution in [0.2, 0.25) is 0 Å². The zero-order chi connectivity index (χ0) is 16.6. The van der Waals surface area contributed by atoms with Gasteiger partial charge < -0.3 is 39.6 Å². The minimum atomic E-state index is -2.07. The predicted octanol–water partition coefficient (Wildman–Crippen LogP) is -15.7. The van der Waals surface area contributed by atoms with Gasteiger partial charge in [-0.25, -0.2) is 0 Å². The van der Waals surface area contributed by atoms with Gasteiger partial charge in [-0.1, -0.05) is 12.1 Å². The largest absolute Gasteiger partial charge is 1.00 e. The Balaban J connectivity index is -0.00000132. The average molecular weight is 457 g/mol. The van der Waals surface area contributed by atoms with Crippen molar-refractivity contribution in [2.75, 3.05) is 0 Å². The molecular weight excluding hydrogens is 453 g/mol. The molecule has 0 aliphatic rings. The van der Waals surface area contributed by atoms with E-state index in [-0.39, 0.29) is 216 Å². The fourth-order valence-electron chi connectivity index (χ4n) is 2.11. The first-order chi connectivity index (χ1) is 10.2. The molecule has 2 aromatic rings. The molecule has 0 aliphatic heterocycles. The Kier molecular flexibility index (Phi) is 19.5. The molecule has 112 valence electrons. The summed E-state index contributed by atoms with van der Waals surface area (Å²) in [6.07, 6.45) is 0. The van der Waals surface area contributed by atoms with Crippen molar-refractivity contribution < 1.29 is 245 Å². The van der Waals surface area contributed by atoms with Crippen LogP contribution in [0.1, 0.15) is 41.4 Å². The van der Waals surface area contributed by atoms with Gasteiger partial charge >= 0.3 is 206 Å². The molecule has 0 atom stereocenters. The second-order valence-electron chi connectivity index (χ2n) is 4.26. The second-order valence-corrected chi connectivity index (χ2v) is 4.26. The fraction of sp³-hybridized carbons (Fsp3) is 0. The molecule has 0 heterocycles. The van der Waals surface area contributed by atoms with Crippen molar-refractivity contribution in [2.45, 2.75) is 0 Å². The van der Waals surface area contributed by atoms with Gasteiger partial charge in [0.25, 0.3) is 0 Å². The van der Waals surface area contributed by atoms with Crippen molar-refractivity contribution in [2.24, 2.45) is 0 Å². The molecule has 0 N–H and O–H groups in total. The van der Waals surface area contributed by atoms with Crippen LogP contribution in [0.3, 0.4) is 0 Å². The Morgan fingerprint density at radius 1 is 0.615 bits per heavy atom.